The first-order chi connectivity index (χ1) is 6.18. The summed E-state index contributed by atoms with van der Waals surface area (Å²) >= 11 is 0. The highest BCUT2D eigenvalue weighted by atomic mass is 15.2. The molecular weight excluding hydrogens is 162 g/mol. The third kappa shape index (κ3) is 4.08. The van der Waals surface area contributed by atoms with Gasteiger partial charge >= 0.3 is 0 Å². The molecule has 0 saturated carbocycles. The second-order valence-electron chi connectivity index (χ2n) is 3.75. The van der Waals surface area contributed by atoms with E-state index in [4.69, 9.17) is 5.73 Å². The van der Waals surface area contributed by atoms with Crippen molar-refractivity contribution in [2.24, 2.45) is 12.8 Å². The van der Waals surface area contributed by atoms with E-state index in [1.165, 1.54) is 18.4 Å². The van der Waals surface area contributed by atoms with Crippen LogP contribution in [-0.2, 0) is 13.5 Å². The minimum Gasteiger partial charge on any atom is -0.328 e. The summed E-state index contributed by atoms with van der Waals surface area (Å²) in [5.41, 5.74) is 6.99. The number of aryl methyl sites for hydroxylation is 2. The summed E-state index contributed by atoms with van der Waals surface area (Å²) in [5, 5.41) is 4.12. The Morgan fingerprint density at radius 3 is 2.85 bits per heavy atom. The number of rotatable bonds is 5. The molecule has 0 fully saturated rings. The fraction of sp³-hybridized carbons (Fsp3) is 0.700. The van der Waals surface area contributed by atoms with Crippen molar-refractivity contribution in [1.82, 2.24) is 9.78 Å². The lowest BCUT2D eigenvalue weighted by atomic mass is 10.1. The third-order valence-electron chi connectivity index (χ3n) is 2.13. The van der Waals surface area contributed by atoms with Crippen LogP contribution in [0.5, 0.6) is 0 Å². The van der Waals surface area contributed by atoms with Gasteiger partial charge in [-0.2, -0.15) is 5.10 Å². The van der Waals surface area contributed by atoms with Gasteiger partial charge in [0, 0.05) is 19.3 Å². The summed E-state index contributed by atoms with van der Waals surface area (Å²) in [5.74, 6) is 0. The topological polar surface area (TPSA) is 43.8 Å². The molecular formula is C10H19N3. The number of nitrogens with two attached hydrogens (primary N) is 1. The molecule has 0 aliphatic rings. The van der Waals surface area contributed by atoms with Gasteiger partial charge in [-0.3, -0.25) is 4.68 Å². The maximum atomic E-state index is 5.66. The van der Waals surface area contributed by atoms with Crippen LogP contribution in [-0.4, -0.2) is 15.8 Å². The molecule has 1 heterocycles. The summed E-state index contributed by atoms with van der Waals surface area (Å²) in [6.45, 7) is 2.06. The van der Waals surface area contributed by atoms with Crippen molar-refractivity contribution >= 4 is 0 Å². The molecule has 3 heteroatoms. The van der Waals surface area contributed by atoms with Crippen molar-refractivity contribution < 1.29 is 0 Å². The van der Waals surface area contributed by atoms with Crippen molar-refractivity contribution in [1.29, 1.82) is 0 Å². The molecule has 1 aromatic rings. The highest BCUT2D eigenvalue weighted by Crippen LogP contribution is 2.05. The van der Waals surface area contributed by atoms with Gasteiger partial charge in [-0.25, -0.2) is 0 Å². The molecule has 13 heavy (non-hydrogen) atoms. The maximum Gasteiger partial charge on any atom is 0.0521 e. The van der Waals surface area contributed by atoms with Gasteiger partial charge in [-0.15, -0.1) is 0 Å². The Morgan fingerprint density at radius 1 is 1.54 bits per heavy atom. The largest absolute Gasteiger partial charge is 0.328 e. The Balaban J connectivity index is 2.13. The smallest absolute Gasteiger partial charge is 0.0521 e. The highest BCUT2D eigenvalue weighted by molar-refractivity contribution is 5.03. The van der Waals surface area contributed by atoms with E-state index in [1.54, 1.807) is 0 Å². The van der Waals surface area contributed by atoms with Gasteiger partial charge in [0.25, 0.3) is 0 Å². The quantitative estimate of drug-likeness (QED) is 0.699. The third-order valence-corrected chi connectivity index (χ3v) is 2.13. The van der Waals surface area contributed by atoms with Crippen molar-refractivity contribution in [3.63, 3.8) is 0 Å². The van der Waals surface area contributed by atoms with Crippen LogP contribution in [0, 0.1) is 0 Å². The average Bonchev–Trinajstić information content (AvgIpc) is 2.45. The van der Waals surface area contributed by atoms with E-state index in [9.17, 15) is 0 Å². The number of unbranched alkanes of at least 4 members (excludes halogenated alkanes) is 1. The lowest BCUT2D eigenvalue weighted by Crippen LogP contribution is -2.13. The molecule has 0 spiro atoms. The van der Waals surface area contributed by atoms with Gasteiger partial charge in [-0.1, -0.05) is 6.42 Å². The van der Waals surface area contributed by atoms with Crippen molar-refractivity contribution in [2.45, 2.75) is 38.6 Å². The van der Waals surface area contributed by atoms with Gasteiger partial charge in [0.15, 0.2) is 0 Å². The first-order valence-electron chi connectivity index (χ1n) is 4.91. The van der Waals surface area contributed by atoms with Crippen LogP contribution in [0.4, 0.5) is 0 Å². The summed E-state index contributed by atoms with van der Waals surface area (Å²) in [6, 6.07) is 0.342. The van der Waals surface area contributed by atoms with E-state index in [0.29, 0.717) is 6.04 Å². The van der Waals surface area contributed by atoms with Crippen LogP contribution >= 0.6 is 0 Å². The second-order valence-corrected chi connectivity index (χ2v) is 3.75. The number of aromatic nitrogens is 2. The molecule has 1 atom stereocenters. The Hall–Kier alpha value is -0.830. The molecule has 0 aromatic carbocycles. The number of nitrogens with zero attached hydrogens (tertiary/aromatic N) is 2. The van der Waals surface area contributed by atoms with E-state index >= 15 is 0 Å². The Labute approximate surface area is 79.9 Å². The molecule has 0 radical (unpaired) electrons. The molecule has 1 rings (SSSR count). The van der Waals surface area contributed by atoms with Gasteiger partial charge in [-0.05, 0) is 31.7 Å². The monoisotopic (exact) mass is 181 g/mol. The SMILES string of the molecule is CC(N)CCCCc1cnn(C)c1. The molecule has 74 valence electrons. The molecule has 0 amide bonds. The zero-order valence-corrected chi connectivity index (χ0v) is 8.53. The van der Waals surface area contributed by atoms with Gasteiger partial charge in [0.1, 0.15) is 0 Å². The summed E-state index contributed by atoms with van der Waals surface area (Å²) < 4.78 is 1.85. The van der Waals surface area contributed by atoms with Crippen molar-refractivity contribution in [2.75, 3.05) is 0 Å². The van der Waals surface area contributed by atoms with E-state index in [1.807, 2.05) is 17.9 Å². The first kappa shape index (κ1) is 10.3. The summed E-state index contributed by atoms with van der Waals surface area (Å²) in [7, 11) is 1.95. The fourth-order valence-electron chi connectivity index (χ4n) is 1.40. The molecule has 1 unspecified atom stereocenters. The normalized spacial score (nSPS) is 13.2. The van der Waals surface area contributed by atoms with Crippen LogP contribution in [0.3, 0.4) is 0 Å². The zero-order valence-electron chi connectivity index (χ0n) is 8.53. The van der Waals surface area contributed by atoms with E-state index in [2.05, 4.69) is 18.2 Å². The van der Waals surface area contributed by atoms with E-state index in [0.717, 1.165) is 12.8 Å². The number of hydrogen-bond donors (Lipinski definition) is 1. The lowest BCUT2D eigenvalue weighted by molar-refractivity contribution is 0.597. The van der Waals surface area contributed by atoms with Crippen LogP contribution in [0.2, 0.25) is 0 Å². The van der Waals surface area contributed by atoms with Crippen LogP contribution in [0.15, 0.2) is 12.4 Å². The minimum absolute atomic E-state index is 0.342. The minimum atomic E-state index is 0.342. The lowest BCUT2D eigenvalue weighted by Gasteiger charge is -2.02. The fourth-order valence-corrected chi connectivity index (χ4v) is 1.40. The molecule has 0 saturated heterocycles. The van der Waals surface area contributed by atoms with Crippen LogP contribution in [0.1, 0.15) is 31.7 Å². The predicted molar refractivity (Wildman–Crippen MR) is 54.4 cm³/mol. The summed E-state index contributed by atoms with van der Waals surface area (Å²) in [4.78, 5) is 0. The van der Waals surface area contributed by atoms with Gasteiger partial charge in [0.2, 0.25) is 0 Å². The Kier molecular flexibility index (Phi) is 3.96. The molecule has 0 aliphatic carbocycles. The van der Waals surface area contributed by atoms with Gasteiger partial charge in [0.05, 0.1) is 6.20 Å². The molecule has 1 aromatic heterocycles. The average molecular weight is 181 g/mol. The first-order valence-corrected chi connectivity index (χ1v) is 4.91. The van der Waals surface area contributed by atoms with E-state index in [-0.39, 0.29) is 0 Å². The van der Waals surface area contributed by atoms with Crippen molar-refractivity contribution in [3.8, 4) is 0 Å². The number of hydrogen-bond acceptors (Lipinski definition) is 2. The van der Waals surface area contributed by atoms with E-state index < -0.39 is 0 Å². The second kappa shape index (κ2) is 5.02. The Morgan fingerprint density at radius 2 is 2.31 bits per heavy atom. The molecule has 0 bridgehead atoms. The molecule has 0 aliphatic heterocycles. The van der Waals surface area contributed by atoms with Gasteiger partial charge < -0.3 is 5.73 Å². The Bertz CT molecular complexity index is 240. The predicted octanol–water partition coefficient (Wildman–Crippen LogP) is 1.48. The van der Waals surface area contributed by atoms with Crippen molar-refractivity contribution in [3.05, 3.63) is 18.0 Å². The highest BCUT2D eigenvalue weighted by Gasteiger charge is 1.97. The molecule has 2 N–H and O–H groups in total. The molecule has 3 nitrogen and oxygen atoms in total. The van der Waals surface area contributed by atoms with Crippen LogP contribution < -0.4 is 5.73 Å². The summed E-state index contributed by atoms with van der Waals surface area (Å²) in [6.07, 6.45) is 8.69. The zero-order chi connectivity index (χ0) is 9.68. The maximum absolute atomic E-state index is 5.66. The van der Waals surface area contributed by atoms with Crippen LogP contribution in [0.25, 0.3) is 0 Å². The standard InChI is InChI=1S/C10H19N3/c1-9(11)5-3-4-6-10-7-12-13(2)8-10/h7-9H,3-6,11H2,1-2H3.